The zero-order valence-corrected chi connectivity index (χ0v) is 8.70. The molecule has 1 nitrogen and oxygen atoms in total. The molecule has 0 atom stereocenters. The lowest BCUT2D eigenvalue weighted by Crippen LogP contribution is -1.87. The van der Waals surface area contributed by atoms with Gasteiger partial charge in [-0.2, -0.15) is 0 Å². The summed E-state index contributed by atoms with van der Waals surface area (Å²) < 4.78 is 0. The van der Waals surface area contributed by atoms with Crippen LogP contribution in [0.4, 0.5) is 0 Å². The van der Waals surface area contributed by atoms with Crippen molar-refractivity contribution in [2.75, 3.05) is 0 Å². The minimum atomic E-state index is 0.753. The van der Waals surface area contributed by atoms with Gasteiger partial charge in [0.25, 0.3) is 0 Å². The molecule has 1 radical (unpaired) electrons. The van der Waals surface area contributed by atoms with Gasteiger partial charge in [0.1, 0.15) is 6.26 Å². The van der Waals surface area contributed by atoms with Crippen molar-refractivity contribution in [3.8, 4) is 0 Å². The molecule has 0 bridgehead atoms. The van der Waals surface area contributed by atoms with Crippen LogP contribution in [-0.4, -0.2) is 0 Å². The molecule has 0 heterocycles. The van der Waals surface area contributed by atoms with Gasteiger partial charge in [-0.05, 0) is 36.5 Å². The lowest BCUT2D eigenvalue weighted by Gasteiger charge is -2.02. The van der Waals surface area contributed by atoms with E-state index in [1.165, 1.54) is 24.0 Å². The van der Waals surface area contributed by atoms with Crippen molar-refractivity contribution in [3.05, 3.63) is 47.7 Å². The molecule has 1 aromatic rings. The maximum absolute atomic E-state index is 10.2. The van der Waals surface area contributed by atoms with Crippen molar-refractivity contribution in [2.45, 2.75) is 32.6 Å². The van der Waals surface area contributed by atoms with E-state index >= 15 is 0 Å². The summed E-state index contributed by atoms with van der Waals surface area (Å²) in [4.78, 5) is 0. The summed E-state index contributed by atoms with van der Waals surface area (Å²) in [5.41, 5.74) is 2.61. The van der Waals surface area contributed by atoms with Crippen molar-refractivity contribution in [1.29, 1.82) is 0 Å². The Morgan fingerprint density at radius 1 is 1.29 bits per heavy atom. The molecule has 0 fully saturated rings. The second-order valence-electron chi connectivity index (χ2n) is 3.50. The summed E-state index contributed by atoms with van der Waals surface area (Å²) >= 11 is 0. The highest BCUT2D eigenvalue weighted by Crippen LogP contribution is 2.09. The van der Waals surface area contributed by atoms with Crippen LogP contribution in [0.5, 0.6) is 0 Å². The standard InChI is InChI=1S/C13H17O/c1-2-3-6-12-7-4-8-13(11-12)9-5-10-14/h4-5,7-8,10-11H,2-3,6,9H2,1H3. The molecule has 0 spiro atoms. The molecule has 0 aliphatic rings. The van der Waals surface area contributed by atoms with Gasteiger partial charge >= 0.3 is 0 Å². The Kier molecular flexibility index (Phi) is 4.84. The third-order valence-corrected chi connectivity index (χ3v) is 2.26. The highest BCUT2D eigenvalue weighted by Gasteiger charge is 1.94. The van der Waals surface area contributed by atoms with Crippen LogP contribution in [0.15, 0.2) is 36.6 Å². The van der Waals surface area contributed by atoms with Gasteiger partial charge in [-0.25, -0.2) is 0 Å². The van der Waals surface area contributed by atoms with Crippen LogP contribution >= 0.6 is 0 Å². The minimum absolute atomic E-state index is 0.753. The predicted octanol–water partition coefficient (Wildman–Crippen LogP) is 3.52. The van der Waals surface area contributed by atoms with Gasteiger partial charge in [-0.15, -0.1) is 0 Å². The van der Waals surface area contributed by atoms with Gasteiger partial charge in [-0.1, -0.05) is 37.6 Å². The van der Waals surface area contributed by atoms with E-state index in [2.05, 4.69) is 31.2 Å². The maximum atomic E-state index is 10.2. The monoisotopic (exact) mass is 189 g/mol. The summed E-state index contributed by atoms with van der Waals surface area (Å²) in [5, 5.41) is 10.2. The van der Waals surface area contributed by atoms with Crippen LogP contribution in [0.2, 0.25) is 0 Å². The number of hydrogen-bond acceptors (Lipinski definition) is 0. The van der Waals surface area contributed by atoms with Crippen LogP contribution in [0.3, 0.4) is 0 Å². The van der Waals surface area contributed by atoms with Crippen LogP contribution in [-0.2, 0) is 17.9 Å². The van der Waals surface area contributed by atoms with Gasteiger partial charge in [0, 0.05) is 0 Å². The molecule has 0 aliphatic heterocycles. The molecule has 0 N–H and O–H groups in total. The Balaban J connectivity index is 2.59. The first-order chi connectivity index (χ1) is 6.86. The molecule has 14 heavy (non-hydrogen) atoms. The number of aryl methyl sites for hydroxylation is 1. The van der Waals surface area contributed by atoms with Crippen molar-refractivity contribution >= 4 is 0 Å². The summed E-state index contributed by atoms with van der Waals surface area (Å²) in [7, 11) is 0. The topological polar surface area (TPSA) is 19.9 Å². The van der Waals surface area contributed by atoms with Crippen molar-refractivity contribution in [2.24, 2.45) is 0 Å². The smallest absolute Gasteiger partial charge is 0.139 e. The molecule has 1 aromatic carbocycles. The van der Waals surface area contributed by atoms with Crippen molar-refractivity contribution in [3.63, 3.8) is 0 Å². The lowest BCUT2D eigenvalue weighted by atomic mass is 10.0. The normalized spacial score (nSPS) is 10.9. The SMILES string of the molecule is CCCCc1cccc(CC=C[O])c1. The predicted molar refractivity (Wildman–Crippen MR) is 58.6 cm³/mol. The molecule has 0 unspecified atom stereocenters. The van der Waals surface area contributed by atoms with E-state index in [0.717, 1.165) is 19.1 Å². The zero-order chi connectivity index (χ0) is 10.2. The summed E-state index contributed by atoms with van der Waals surface area (Å²) in [6, 6.07) is 8.48. The van der Waals surface area contributed by atoms with E-state index in [-0.39, 0.29) is 0 Å². The average molecular weight is 189 g/mol. The van der Waals surface area contributed by atoms with Gasteiger partial charge in [0.15, 0.2) is 0 Å². The average Bonchev–Trinajstić information content (AvgIpc) is 2.24. The van der Waals surface area contributed by atoms with Crippen molar-refractivity contribution in [1.82, 2.24) is 0 Å². The highest BCUT2D eigenvalue weighted by atomic mass is 16.2. The second-order valence-corrected chi connectivity index (χ2v) is 3.50. The van der Waals surface area contributed by atoms with Crippen LogP contribution in [0.1, 0.15) is 30.9 Å². The maximum Gasteiger partial charge on any atom is 0.139 e. The molecule has 0 aromatic heterocycles. The first-order valence-electron chi connectivity index (χ1n) is 5.21. The fraction of sp³-hybridized carbons (Fsp3) is 0.385. The number of unbranched alkanes of at least 4 members (excludes halogenated alkanes) is 1. The van der Waals surface area contributed by atoms with E-state index in [9.17, 15) is 5.11 Å². The van der Waals surface area contributed by atoms with Gasteiger partial charge in [-0.3, -0.25) is 5.11 Å². The third-order valence-electron chi connectivity index (χ3n) is 2.26. The van der Waals surface area contributed by atoms with Gasteiger partial charge in [0.2, 0.25) is 0 Å². The van der Waals surface area contributed by atoms with Crippen LogP contribution < -0.4 is 0 Å². The van der Waals surface area contributed by atoms with E-state index < -0.39 is 0 Å². The molecule has 0 aliphatic carbocycles. The lowest BCUT2D eigenvalue weighted by molar-refractivity contribution is 0.350. The van der Waals surface area contributed by atoms with E-state index in [1.807, 2.05) is 0 Å². The first kappa shape index (κ1) is 10.8. The molecule has 0 amide bonds. The highest BCUT2D eigenvalue weighted by molar-refractivity contribution is 5.25. The molecule has 1 rings (SSSR count). The number of hydrogen-bond donors (Lipinski definition) is 0. The molecule has 0 saturated heterocycles. The second kappa shape index (κ2) is 6.25. The van der Waals surface area contributed by atoms with Gasteiger partial charge < -0.3 is 0 Å². The Labute approximate surface area is 86.1 Å². The quantitative estimate of drug-likeness (QED) is 0.632. The van der Waals surface area contributed by atoms with E-state index in [0.29, 0.717) is 0 Å². The molecule has 0 saturated carbocycles. The summed E-state index contributed by atoms with van der Waals surface area (Å²) in [6.45, 7) is 2.20. The number of benzene rings is 1. The summed E-state index contributed by atoms with van der Waals surface area (Å²) in [6.07, 6.45) is 6.87. The Bertz CT molecular complexity index is 289. The third kappa shape index (κ3) is 3.65. The Hall–Kier alpha value is -1.24. The minimum Gasteiger partial charge on any atom is -0.299 e. The number of allylic oxidation sites excluding steroid dienone is 1. The Morgan fingerprint density at radius 2 is 2.07 bits per heavy atom. The molecular formula is C13H17O. The van der Waals surface area contributed by atoms with E-state index in [1.54, 1.807) is 6.08 Å². The largest absolute Gasteiger partial charge is 0.299 e. The molecule has 75 valence electrons. The van der Waals surface area contributed by atoms with E-state index in [4.69, 9.17) is 0 Å². The fourth-order valence-corrected chi connectivity index (χ4v) is 1.48. The first-order valence-corrected chi connectivity index (χ1v) is 5.21. The molecular weight excluding hydrogens is 172 g/mol. The summed E-state index contributed by atoms with van der Waals surface area (Å²) in [5.74, 6) is 0. The van der Waals surface area contributed by atoms with Crippen LogP contribution in [0.25, 0.3) is 0 Å². The van der Waals surface area contributed by atoms with Crippen molar-refractivity contribution < 1.29 is 5.11 Å². The van der Waals surface area contributed by atoms with Gasteiger partial charge in [0.05, 0.1) is 0 Å². The zero-order valence-electron chi connectivity index (χ0n) is 8.70. The molecule has 1 heteroatoms. The number of rotatable bonds is 5. The Morgan fingerprint density at radius 3 is 2.79 bits per heavy atom. The van der Waals surface area contributed by atoms with Crippen LogP contribution in [0, 0.1) is 0 Å². The fourth-order valence-electron chi connectivity index (χ4n) is 1.48.